The molecule has 29 heavy (non-hydrogen) atoms. The number of rotatable bonds is 6. The highest BCUT2D eigenvalue weighted by Crippen LogP contribution is 2.14. The summed E-state index contributed by atoms with van der Waals surface area (Å²) in [5.74, 6) is 0.204. The van der Waals surface area contributed by atoms with Crippen molar-refractivity contribution in [1.82, 2.24) is 14.9 Å². The Kier molecular flexibility index (Phi) is 6.58. The van der Waals surface area contributed by atoms with Crippen LogP contribution in [0.3, 0.4) is 0 Å². The summed E-state index contributed by atoms with van der Waals surface area (Å²) in [5.41, 5.74) is 0.497. The Bertz CT molecular complexity index is 874. The number of esters is 1. The molecule has 0 N–H and O–H groups in total. The van der Waals surface area contributed by atoms with Gasteiger partial charge < -0.3 is 19.3 Å². The number of nitrogens with zero attached hydrogens (tertiary/aromatic N) is 5. The van der Waals surface area contributed by atoms with Crippen LogP contribution in [-0.4, -0.2) is 65.6 Å². The van der Waals surface area contributed by atoms with Gasteiger partial charge in [0, 0.05) is 38.6 Å². The van der Waals surface area contributed by atoms with Gasteiger partial charge in [0.15, 0.2) is 12.7 Å². The van der Waals surface area contributed by atoms with E-state index in [-0.39, 0.29) is 12.5 Å². The summed E-state index contributed by atoms with van der Waals surface area (Å²) < 4.78 is 10.6. The maximum Gasteiger partial charge on any atom is 0.347 e. The van der Waals surface area contributed by atoms with Crippen LogP contribution in [0.5, 0.6) is 5.75 Å². The van der Waals surface area contributed by atoms with Gasteiger partial charge in [0.25, 0.3) is 5.91 Å². The molecule has 0 spiro atoms. The van der Waals surface area contributed by atoms with E-state index >= 15 is 0 Å². The van der Waals surface area contributed by atoms with Crippen LogP contribution in [-0.2, 0) is 14.3 Å². The van der Waals surface area contributed by atoms with Crippen LogP contribution in [0.2, 0.25) is 0 Å². The van der Waals surface area contributed by atoms with Gasteiger partial charge in [-0.1, -0.05) is 0 Å². The second-order valence-electron chi connectivity index (χ2n) is 6.42. The van der Waals surface area contributed by atoms with Gasteiger partial charge in [0.2, 0.25) is 5.95 Å². The van der Waals surface area contributed by atoms with Gasteiger partial charge in [-0.2, -0.15) is 5.26 Å². The highest BCUT2D eigenvalue weighted by atomic mass is 16.6. The van der Waals surface area contributed by atoms with E-state index in [1.807, 2.05) is 11.0 Å². The Morgan fingerprint density at radius 1 is 1.14 bits per heavy atom. The monoisotopic (exact) mass is 395 g/mol. The number of aromatic nitrogens is 2. The third-order valence-electron chi connectivity index (χ3n) is 4.43. The van der Waals surface area contributed by atoms with Gasteiger partial charge in [-0.05, 0) is 37.3 Å². The number of hydrogen-bond donors (Lipinski definition) is 0. The van der Waals surface area contributed by atoms with Gasteiger partial charge in [0.1, 0.15) is 5.75 Å². The van der Waals surface area contributed by atoms with E-state index in [9.17, 15) is 9.59 Å². The number of anilines is 1. The van der Waals surface area contributed by atoms with Crippen LogP contribution in [0.1, 0.15) is 12.5 Å². The molecule has 1 atom stereocenters. The van der Waals surface area contributed by atoms with Crippen molar-refractivity contribution >= 4 is 17.8 Å². The molecule has 0 radical (unpaired) electrons. The minimum Gasteiger partial charge on any atom is -0.479 e. The minimum absolute atomic E-state index is 0.252. The van der Waals surface area contributed by atoms with E-state index in [0.29, 0.717) is 43.4 Å². The van der Waals surface area contributed by atoms with Crippen LogP contribution in [0.25, 0.3) is 0 Å². The SMILES string of the molecule is CC(Oc1ccc(C#N)cc1)C(=O)OCC(=O)N1CCN(c2ncccn2)CC1. The van der Waals surface area contributed by atoms with Gasteiger partial charge in [-0.25, -0.2) is 14.8 Å². The molecule has 150 valence electrons. The largest absolute Gasteiger partial charge is 0.479 e. The maximum atomic E-state index is 12.3. The smallest absolute Gasteiger partial charge is 0.347 e. The van der Waals surface area contributed by atoms with Crippen molar-refractivity contribution in [3.8, 4) is 11.8 Å². The zero-order chi connectivity index (χ0) is 20.6. The normalized spacial score (nSPS) is 14.6. The zero-order valence-corrected chi connectivity index (χ0v) is 16.0. The van der Waals surface area contributed by atoms with Crippen molar-refractivity contribution in [2.45, 2.75) is 13.0 Å². The zero-order valence-electron chi connectivity index (χ0n) is 16.0. The molecule has 9 heteroatoms. The Hall–Kier alpha value is -3.67. The number of piperazine rings is 1. The lowest BCUT2D eigenvalue weighted by molar-refractivity contribution is -0.157. The van der Waals surface area contributed by atoms with Crippen molar-refractivity contribution in [3.63, 3.8) is 0 Å². The van der Waals surface area contributed by atoms with Crippen LogP contribution in [0, 0.1) is 11.3 Å². The first-order chi connectivity index (χ1) is 14.1. The third kappa shape index (κ3) is 5.42. The van der Waals surface area contributed by atoms with Gasteiger partial charge in [-0.15, -0.1) is 0 Å². The summed E-state index contributed by atoms with van der Waals surface area (Å²) in [6.07, 6.45) is 2.49. The lowest BCUT2D eigenvalue weighted by Crippen LogP contribution is -2.50. The van der Waals surface area contributed by atoms with Crippen LogP contribution < -0.4 is 9.64 Å². The number of nitriles is 1. The summed E-state index contributed by atoms with van der Waals surface area (Å²) in [7, 11) is 0. The number of carbonyl (C=O) groups excluding carboxylic acids is 2. The topological polar surface area (TPSA) is 109 Å². The van der Waals surface area contributed by atoms with Crippen molar-refractivity contribution in [1.29, 1.82) is 5.26 Å². The van der Waals surface area contributed by atoms with Crippen molar-refractivity contribution in [2.24, 2.45) is 0 Å². The van der Waals surface area contributed by atoms with Crippen molar-refractivity contribution in [2.75, 3.05) is 37.7 Å². The van der Waals surface area contributed by atoms with Gasteiger partial charge >= 0.3 is 5.97 Å². The maximum absolute atomic E-state index is 12.3. The molecule has 2 heterocycles. The molecule has 1 saturated heterocycles. The second kappa shape index (κ2) is 9.50. The first kappa shape index (κ1) is 20.1. The fourth-order valence-corrected chi connectivity index (χ4v) is 2.81. The molecule has 9 nitrogen and oxygen atoms in total. The molecule has 1 aromatic heterocycles. The highest BCUT2D eigenvalue weighted by molar-refractivity contribution is 5.82. The molecule has 1 unspecified atom stereocenters. The van der Waals surface area contributed by atoms with Crippen LogP contribution in [0.4, 0.5) is 5.95 Å². The number of carbonyl (C=O) groups is 2. The molecule has 3 rings (SSSR count). The summed E-state index contributed by atoms with van der Waals surface area (Å²) in [5, 5.41) is 8.79. The Morgan fingerprint density at radius 2 is 1.79 bits per heavy atom. The molecular formula is C20H21N5O4. The third-order valence-corrected chi connectivity index (χ3v) is 4.43. The van der Waals surface area contributed by atoms with E-state index < -0.39 is 12.1 Å². The molecule has 0 bridgehead atoms. The lowest BCUT2D eigenvalue weighted by atomic mass is 10.2. The van der Waals surface area contributed by atoms with Crippen LogP contribution >= 0.6 is 0 Å². The summed E-state index contributed by atoms with van der Waals surface area (Å²) in [6, 6.07) is 10.2. The van der Waals surface area contributed by atoms with Crippen molar-refractivity contribution < 1.29 is 19.1 Å². The second-order valence-corrected chi connectivity index (χ2v) is 6.42. The Balaban J connectivity index is 1.41. The average molecular weight is 395 g/mol. The Labute approximate surface area is 168 Å². The number of hydrogen-bond acceptors (Lipinski definition) is 8. The number of amides is 1. The minimum atomic E-state index is -0.872. The molecule has 1 aliphatic rings. The first-order valence-corrected chi connectivity index (χ1v) is 9.20. The van der Waals surface area contributed by atoms with Crippen LogP contribution in [0.15, 0.2) is 42.7 Å². The van der Waals surface area contributed by atoms with E-state index in [0.717, 1.165) is 0 Å². The number of benzene rings is 1. The predicted octanol–water partition coefficient (Wildman–Crippen LogP) is 1.01. The summed E-state index contributed by atoms with van der Waals surface area (Å²) in [6.45, 7) is 3.45. The fourth-order valence-electron chi connectivity index (χ4n) is 2.81. The summed E-state index contributed by atoms with van der Waals surface area (Å²) in [4.78, 5) is 36.5. The first-order valence-electron chi connectivity index (χ1n) is 9.20. The van der Waals surface area contributed by atoms with E-state index in [1.165, 1.54) is 0 Å². The molecule has 1 aliphatic heterocycles. The van der Waals surface area contributed by atoms with E-state index in [4.69, 9.17) is 14.7 Å². The van der Waals surface area contributed by atoms with Crippen molar-refractivity contribution in [3.05, 3.63) is 48.3 Å². The molecule has 1 aromatic carbocycles. The quantitative estimate of drug-likeness (QED) is 0.667. The van der Waals surface area contributed by atoms with Gasteiger partial charge in [0.05, 0.1) is 11.6 Å². The van der Waals surface area contributed by atoms with E-state index in [1.54, 1.807) is 54.5 Å². The predicted molar refractivity (Wildman–Crippen MR) is 103 cm³/mol. The average Bonchev–Trinajstić information content (AvgIpc) is 2.78. The highest BCUT2D eigenvalue weighted by Gasteiger charge is 2.24. The Morgan fingerprint density at radius 3 is 2.41 bits per heavy atom. The molecule has 0 aliphatic carbocycles. The molecule has 0 saturated carbocycles. The molecule has 1 amide bonds. The molecule has 2 aromatic rings. The summed E-state index contributed by atoms with van der Waals surface area (Å²) >= 11 is 0. The standard InChI is InChI=1S/C20H21N5O4/c1-15(29-17-5-3-16(13-21)4-6-17)19(27)28-14-18(26)24-9-11-25(12-10-24)20-22-7-2-8-23-20/h2-8,15H,9-12,14H2,1H3. The molecule has 1 fully saturated rings. The fraction of sp³-hybridized carbons (Fsp3) is 0.350. The lowest BCUT2D eigenvalue weighted by Gasteiger charge is -2.34. The van der Waals surface area contributed by atoms with Gasteiger partial charge in [-0.3, -0.25) is 4.79 Å². The molecular weight excluding hydrogens is 374 g/mol. The van der Waals surface area contributed by atoms with E-state index in [2.05, 4.69) is 9.97 Å². The number of ether oxygens (including phenoxy) is 2.